The second-order valence-electron chi connectivity index (χ2n) is 4.04. The Morgan fingerprint density at radius 3 is 2.93 bits per heavy atom. The Kier molecular flexibility index (Phi) is 4.57. The molecular weight excluding hydrogens is 182 g/mol. The molecule has 0 fully saturated rings. The van der Waals surface area contributed by atoms with Crippen molar-refractivity contribution in [2.24, 2.45) is 0 Å². The molecule has 0 bridgehead atoms. The van der Waals surface area contributed by atoms with Crippen LogP contribution in [-0.4, -0.2) is 12.6 Å². The van der Waals surface area contributed by atoms with Crippen LogP contribution in [-0.2, 0) is 0 Å². The second kappa shape index (κ2) is 5.72. The molecule has 1 aliphatic carbocycles. The third kappa shape index (κ3) is 3.21. The predicted octanol–water partition coefficient (Wildman–Crippen LogP) is 3.37. The van der Waals surface area contributed by atoms with E-state index in [1.165, 1.54) is 24.0 Å². The highest BCUT2D eigenvalue weighted by Crippen LogP contribution is 2.27. The lowest BCUT2D eigenvalue weighted by atomic mass is 10.1. The Morgan fingerprint density at radius 1 is 1.60 bits per heavy atom. The maximum Gasteiger partial charge on any atom is 0.0288 e. The van der Waals surface area contributed by atoms with Crippen LogP contribution in [0, 0.1) is 0 Å². The van der Waals surface area contributed by atoms with Crippen LogP contribution in [0.15, 0.2) is 48.1 Å². The molecule has 15 heavy (non-hydrogen) atoms. The Morgan fingerprint density at radius 2 is 2.33 bits per heavy atom. The van der Waals surface area contributed by atoms with Crippen molar-refractivity contribution in [1.29, 1.82) is 0 Å². The van der Waals surface area contributed by atoms with Crippen LogP contribution in [0.2, 0.25) is 0 Å². The molecule has 82 valence electrons. The highest BCUT2D eigenvalue weighted by atomic mass is 14.9. The van der Waals surface area contributed by atoms with E-state index >= 15 is 0 Å². The van der Waals surface area contributed by atoms with E-state index in [0.29, 0.717) is 6.04 Å². The van der Waals surface area contributed by atoms with Crippen LogP contribution >= 0.6 is 0 Å². The summed E-state index contributed by atoms with van der Waals surface area (Å²) in [5, 5.41) is 3.51. The van der Waals surface area contributed by atoms with E-state index < -0.39 is 0 Å². The molecule has 0 heterocycles. The van der Waals surface area contributed by atoms with Gasteiger partial charge in [-0.2, -0.15) is 0 Å². The topological polar surface area (TPSA) is 12.0 Å². The van der Waals surface area contributed by atoms with Crippen LogP contribution in [0.25, 0.3) is 0 Å². The fraction of sp³-hybridized carbons (Fsp3) is 0.429. The standard InChI is InChI=1S/C14H21N/c1-5-7-13-8-9-14(12(13)4)15-10-11(3)6-2/h5-7,14-15H,2-3,8-10H2,1,4H3/b7-5-. The molecule has 0 aromatic heterocycles. The van der Waals surface area contributed by atoms with E-state index in [2.05, 4.69) is 44.5 Å². The summed E-state index contributed by atoms with van der Waals surface area (Å²) < 4.78 is 0. The SMILES string of the molecule is C=CC(=C)CNC1CCC(/C=C\C)=C1C. The zero-order valence-electron chi connectivity index (χ0n) is 9.84. The van der Waals surface area contributed by atoms with Crippen LogP contribution in [0.3, 0.4) is 0 Å². The molecule has 1 unspecified atom stereocenters. The van der Waals surface area contributed by atoms with Gasteiger partial charge in [0.2, 0.25) is 0 Å². The molecule has 0 aromatic rings. The monoisotopic (exact) mass is 203 g/mol. The minimum Gasteiger partial charge on any atom is -0.306 e. The quantitative estimate of drug-likeness (QED) is 0.675. The van der Waals surface area contributed by atoms with Gasteiger partial charge in [-0.05, 0) is 37.8 Å². The molecule has 0 radical (unpaired) electrons. The molecule has 1 atom stereocenters. The smallest absolute Gasteiger partial charge is 0.0288 e. The van der Waals surface area contributed by atoms with Crippen LogP contribution < -0.4 is 5.32 Å². The van der Waals surface area contributed by atoms with Crippen molar-refractivity contribution in [2.75, 3.05) is 6.54 Å². The minimum atomic E-state index is 0.521. The molecule has 1 aliphatic rings. The van der Waals surface area contributed by atoms with Gasteiger partial charge in [-0.3, -0.25) is 0 Å². The lowest BCUT2D eigenvalue weighted by molar-refractivity contribution is 0.594. The average molecular weight is 203 g/mol. The third-order valence-corrected chi connectivity index (χ3v) is 2.96. The zero-order valence-corrected chi connectivity index (χ0v) is 9.84. The van der Waals surface area contributed by atoms with Crippen molar-refractivity contribution in [2.45, 2.75) is 32.7 Å². The van der Waals surface area contributed by atoms with E-state index in [4.69, 9.17) is 0 Å². The van der Waals surface area contributed by atoms with Gasteiger partial charge in [0.05, 0.1) is 0 Å². The summed E-state index contributed by atoms with van der Waals surface area (Å²) >= 11 is 0. The lowest BCUT2D eigenvalue weighted by Gasteiger charge is -2.14. The number of allylic oxidation sites excluding steroid dienone is 3. The first-order chi connectivity index (χ1) is 7.19. The molecular formula is C14H21N. The molecule has 1 rings (SSSR count). The van der Waals surface area contributed by atoms with Gasteiger partial charge >= 0.3 is 0 Å². The normalized spacial score (nSPS) is 21.3. The summed E-state index contributed by atoms with van der Waals surface area (Å²) in [5.74, 6) is 0. The fourth-order valence-corrected chi connectivity index (χ4v) is 1.93. The third-order valence-electron chi connectivity index (χ3n) is 2.96. The largest absolute Gasteiger partial charge is 0.306 e. The Balaban J connectivity index is 2.52. The molecule has 0 saturated carbocycles. The van der Waals surface area contributed by atoms with E-state index in [1.54, 1.807) is 0 Å². The highest BCUT2D eigenvalue weighted by molar-refractivity contribution is 5.32. The summed E-state index contributed by atoms with van der Waals surface area (Å²) in [6.07, 6.45) is 8.54. The summed E-state index contributed by atoms with van der Waals surface area (Å²) in [6.45, 7) is 12.7. The number of nitrogens with one attached hydrogen (secondary N) is 1. The van der Waals surface area contributed by atoms with Crippen LogP contribution in [0.5, 0.6) is 0 Å². The Hall–Kier alpha value is -1.08. The molecule has 0 saturated heterocycles. The van der Waals surface area contributed by atoms with Crippen molar-refractivity contribution in [3.63, 3.8) is 0 Å². The van der Waals surface area contributed by atoms with Crippen LogP contribution in [0.1, 0.15) is 26.7 Å². The summed E-state index contributed by atoms with van der Waals surface area (Å²) in [4.78, 5) is 0. The Labute approximate surface area is 93.3 Å². The minimum absolute atomic E-state index is 0.521. The first kappa shape index (κ1) is 12.0. The summed E-state index contributed by atoms with van der Waals surface area (Å²) in [6, 6.07) is 0.521. The van der Waals surface area contributed by atoms with E-state index in [0.717, 1.165) is 12.1 Å². The molecule has 0 aromatic carbocycles. The van der Waals surface area contributed by atoms with Gasteiger partial charge in [-0.1, -0.05) is 37.0 Å². The first-order valence-electron chi connectivity index (χ1n) is 5.55. The van der Waals surface area contributed by atoms with Gasteiger partial charge in [0.15, 0.2) is 0 Å². The maximum atomic E-state index is 3.90. The number of hydrogen-bond acceptors (Lipinski definition) is 1. The van der Waals surface area contributed by atoms with E-state index in [1.807, 2.05) is 6.08 Å². The van der Waals surface area contributed by atoms with Gasteiger partial charge in [-0.15, -0.1) is 0 Å². The average Bonchev–Trinajstić information content (AvgIpc) is 2.58. The Bertz CT molecular complexity index is 307. The van der Waals surface area contributed by atoms with Gasteiger partial charge in [0, 0.05) is 12.6 Å². The molecule has 1 nitrogen and oxygen atoms in total. The van der Waals surface area contributed by atoms with Crippen molar-refractivity contribution < 1.29 is 0 Å². The van der Waals surface area contributed by atoms with E-state index in [-0.39, 0.29) is 0 Å². The van der Waals surface area contributed by atoms with Gasteiger partial charge in [0.25, 0.3) is 0 Å². The first-order valence-corrected chi connectivity index (χ1v) is 5.55. The second-order valence-corrected chi connectivity index (χ2v) is 4.04. The van der Waals surface area contributed by atoms with Gasteiger partial charge < -0.3 is 5.32 Å². The van der Waals surface area contributed by atoms with Crippen LogP contribution in [0.4, 0.5) is 0 Å². The molecule has 0 spiro atoms. The number of hydrogen-bond donors (Lipinski definition) is 1. The highest BCUT2D eigenvalue weighted by Gasteiger charge is 2.19. The van der Waals surface area contributed by atoms with Crippen molar-refractivity contribution in [3.8, 4) is 0 Å². The maximum absolute atomic E-state index is 3.90. The molecule has 1 N–H and O–H groups in total. The van der Waals surface area contributed by atoms with Crippen molar-refractivity contribution >= 4 is 0 Å². The predicted molar refractivity (Wildman–Crippen MR) is 67.9 cm³/mol. The number of rotatable bonds is 5. The zero-order chi connectivity index (χ0) is 11.3. The molecule has 0 amide bonds. The fourth-order valence-electron chi connectivity index (χ4n) is 1.93. The lowest BCUT2D eigenvalue weighted by Crippen LogP contribution is -2.29. The van der Waals surface area contributed by atoms with E-state index in [9.17, 15) is 0 Å². The summed E-state index contributed by atoms with van der Waals surface area (Å²) in [5.41, 5.74) is 4.02. The van der Waals surface area contributed by atoms with Crippen molar-refractivity contribution in [1.82, 2.24) is 5.32 Å². The van der Waals surface area contributed by atoms with Crippen molar-refractivity contribution in [3.05, 3.63) is 48.1 Å². The van der Waals surface area contributed by atoms with Gasteiger partial charge in [-0.25, -0.2) is 0 Å². The molecule has 0 aliphatic heterocycles. The summed E-state index contributed by atoms with van der Waals surface area (Å²) in [7, 11) is 0. The van der Waals surface area contributed by atoms with Gasteiger partial charge in [0.1, 0.15) is 0 Å². The molecule has 1 heteroatoms.